The van der Waals surface area contributed by atoms with Crippen molar-refractivity contribution >= 4 is 38.9 Å². The number of amides is 2. The van der Waals surface area contributed by atoms with Crippen LogP contribution in [0.15, 0.2) is 17.6 Å². The topological polar surface area (TPSA) is 83.6 Å². The third kappa shape index (κ3) is 2.69. The Morgan fingerprint density at radius 3 is 3.12 bits per heavy atom. The van der Waals surface area contributed by atoms with Crippen LogP contribution < -0.4 is 15.5 Å². The number of carbonyl (C=O) groups excluding carboxylic acids is 2. The monoisotopic (exact) mass is 372 g/mol. The average molecular weight is 372 g/mol. The van der Waals surface area contributed by atoms with Crippen molar-refractivity contribution in [2.24, 2.45) is 0 Å². The van der Waals surface area contributed by atoms with Gasteiger partial charge in [0.25, 0.3) is 11.8 Å². The summed E-state index contributed by atoms with van der Waals surface area (Å²) in [5, 5.41) is 9.51. The van der Waals surface area contributed by atoms with Gasteiger partial charge in [0.2, 0.25) is 0 Å². The lowest BCUT2D eigenvalue weighted by Crippen LogP contribution is -2.43. The van der Waals surface area contributed by atoms with Gasteiger partial charge >= 0.3 is 0 Å². The van der Waals surface area contributed by atoms with Crippen molar-refractivity contribution < 1.29 is 14.3 Å². The largest absolute Gasteiger partial charge is 0.370 e. The van der Waals surface area contributed by atoms with Crippen molar-refractivity contribution in [3.05, 3.63) is 23.3 Å². The highest BCUT2D eigenvalue weighted by Crippen LogP contribution is 2.34. The molecule has 0 saturated carbocycles. The van der Waals surface area contributed by atoms with Crippen LogP contribution in [0.5, 0.6) is 0 Å². The van der Waals surface area contributed by atoms with E-state index in [4.69, 9.17) is 4.74 Å². The van der Waals surface area contributed by atoms with Crippen molar-refractivity contribution in [3.8, 4) is 0 Å². The van der Waals surface area contributed by atoms with Gasteiger partial charge in [-0.3, -0.25) is 9.59 Å². The van der Waals surface area contributed by atoms with E-state index in [-0.39, 0.29) is 24.5 Å². The molecule has 0 spiro atoms. The maximum atomic E-state index is 12.7. The number of hydrogen-bond donors (Lipinski definition) is 2. The van der Waals surface area contributed by atoms with Crippen LogP contribution in [-0.4, -0.2) is 54.7 Å². The first kappa shape index (κ1) is 16.2. The first-order chi connectivity index (χ1) is 12.7. The second-order valence-corrected chi connectivity index (χ2v) is 8.06. The molecule has 2 aromatic heterocycles. The molecule has 0 aliphatic carbocycles. The zero-order valence-corrected chi connectivity index (χ0v) is 15.1. The molecule has 3 aliphatic heterocycles. The minimum atomic E-state index is -0.142. The number of ether oxygens (including phenoxy) is 1. The first-order valence-electron chi connectivity index (χ1n) is 9.01. The van der Waals surface area contributed by atoms with Crippen LogP contribution in [0.3, 0.4) is 0 Å². The Hall–Kier alpha value is -2.03. The molecule has 5 heterocycles. The first-order valence-corrected chi connectivity index (χ1v) is 9.89. The number of fused-ring (bicyclic) bond motifs is 3. The number of rotatable bonds is 3. The lowest BCUT2D eigenvalue weighted by atomic mass is 9.95. The molecule has 3 aliphatic rings. The maximum absolute atomic E-state index is 12.7. The number of pyridine rings is 1. The summed E-state index contributed by atoms with van der Waals surface area (Å²) in [7, 11) is 0. The van der Waals surface area contributed by atoms with Gasteiger partial charge in [-0.2, -0.15) is 0 Å². The molecule has 0 aromatic carbocycles. The fourth-order valence-corrected chi connectivity index (χ4v) is 5.15. The molecule has 0 radical (unpaired) electrons. The van der Waals surface area contributed by atoms with Crippen LogP contribution in [0.25, 0.3) is 10.1 Å². The average Bonchev–Trinajstić information content (AvgIpc) is 3.37. The van der Waals surface area contributed by atoms with Crippen LogP contribution in [0.2, 0.25) is 0 Å². The number of anilines is 1. The summed E-state index contributed by atoms with van der Waals surface area (Å²) in [5.74, 6) is -0.191. The van der Waals surface area contributed by atoms with Gasteiger partial charge in [0, 0.05) is 41.6 Å². The summed E-state index contributed by atoms with van der Waals surface area (Å²) < 4.78 is 6.18. The van der Waals surface area contributed by atoms with Crippen LogP contribution in [0, 0.1) is 0 Å². The summed E-state index contributed by atoms with van der Waals surface area (Å²) in [6.45, 7) is 1.16. The van der Waals surface area contributed by atoms with Crippen molar-refractivity contribution in [1.29, 1.82) is 0 Å². The lowest BCUT2D eigenvalue weighted by molar-refractivity contribution is -0.125. The predicted molar refractivity (Wildman–Crippen MR) is 98.6 cm³/mol. The second-order valence-electron chi connectivity index (χ2n) is 7.15. The van der Waals surface area contributed by atoms with Gasteiger partial charge in [-0.15, -0.1) is 11.3 Å². The van der Waals surface area contributed by atoms with Gasteiger partial charge in [-0.25, -0.2) is 4.98 Å². The van der Waals surface area contributed by atoms with Gasteiger partial charge < -0.3 is 20.3 Å². The quantitative estimate of drug-likeness (QED) is 0.848. The lowest BCUT2D eigenvalue weighted by Gasteiger charge is -2.26. The highest BCUT2D eigenvalue weighted by Gasteiger charge is 2.39. The third-order valence-electron chi connectivity index (χ3n) is 5.57. The molecular formula is C18H20N4O3S. The molecular weight excluding hydrogens is 352 g/mol. The minimum absolute atomic E-state index is 0.0492. The Morgan fingerprint density at radius 2 is 2.35 bits per heavy atom. The highest BCUT2D eigenvalue weighted by atomic mass is 32.1. The summed E-state index contributed by atoms with van der Waals surface area (Å²) >= 11 is 1.53. The van der Waals surface area contributed by atoms with E-state index in [1.807, 2.05) is 5.38 Å². The number of thiophene rings is 1. The molecule has 2 aromatic rings. The van der Waals surface area contributed by atoms with E-state index in [0.29, 0.717) is 30.9 Å². The smallest absolute Gasteiger partial charge is 0.270 e. The number of morpholine rings is 1. The Balaban J connectivity index is 1.41. The molecule has 2 N–H and O–H groups in total. The van der Waals surface area contributed by atoms with Gasteiger partial charge in [0.1, 0.15) is 12.3 Å². The number of nitrogens with zero attached hydrogens (tertiary/aromatic N) is 2. The van der Waals surface area contributed by atoms with E-state index in [1.54, 1.807) is 17.2 Å². The molecule has 26 heavy (non-hydrogen) atoms. The SMILES string of the molecule is O=C(N[C@@H]1C[C@H]2CC[C@@H]1N2)c1cc2c(N3CCOCC3=O)csc2cn1. The van der Waals surface area contributed by atoms with Crippen LogP contribution >= 0.6 is 11.3 Å². The molecule has 5 rings (SSSR count). The molecule has 2 bridgehead atoms. The number of carbonyl (C=O) groups is 2. The number of aromatic nitrogens is 1. The van der Waals surface area contributed by atoms with Crippen molar-refractivity contribution in [2.75, 3.05) is 24.7 Å². The van der Waals surface area contributed by atoms with Crippen molar-refractivity contribution in [3.63, 3.8) is 0 Å². The fraction of sp³-hybridized carbons (Fsp3) is 0.500. The van der Waals surface area contributed by atoms with E-state index in [0.717, 1.165) is 28.6 Å². The third-order valence-corrected chi connectivity index (χ3v) is 6.49. The summed E-state index contributed by atoms with van der Waals surface area (Å²) in [5.41, 5.74) is 1.25. The fourth-order valence-electron chi connectivity index (χ4n) is 4.25. The maximum Gasteiger partial charge on any atom is 0.270 e. The zero-order valence-electron chi connectivity index (χ0n) is 14.2. The second kappa shape index (κ2) is 6.29. The van der Waals surface area contributed by atoms with Crippen LogP contribution in [0.1, 0.15) is 29.8 Å². The van der Waals surface area contributed by atoms with E-state index >= 15 is 0 Å². The Bertz CT molecular complexity index is 882. The Kier molecular flexibility index (Phi) is 3.91. The molecule has 3 fully saturated rings. The minimum Gasteiger partial charge on any atom is -0.370 e. The van der Waals surface area contributed by atoms with Gasteiger partial charge in [0.05, 0.1) is 17.0 Å². The van der Waals surface area contributed by atoms with Gasteiger partial charge in [-0.1, -0.05) is 0 Å². The Morgan fingerprint density at radius 1 is 1.42 bits per heavy atom. The summed E-state index contributed by atoms with van der Waals surface area (Å²) in [4.78, 5) is 30.9. The zero-order chi connectivity index (χ0) is 17.7. The van der Waals surface area contributed by atoms with E-state index < -0.39 is 0 Å². The number of hydrogen-bond acceptors (Lipinski definition) is 6. The van der Waals surface area contributed by atoms with Crippen molar-refractivity contribution in [2.45, 2.75) is 37.4 Å². The molecule has 0 unspecified atom stereocenters. The molecule has 7 nitrogen and oxygen atoms in total. The van der Waals surface area contributed by atoms with Gasteiger partial charge in [-0.05, 0) is 25.3 Å². The number of nitrogens with one attached hydrogen (secondary N) is 2. The van der Waals surface area contributed by atoms with E-state index in [9.17, 15) is 9.59 Å². The summed E-state index contributed by atoms with van der Waals surface area (Å²) in [6.07, 6.45) is 5.04. The standard InChI is InChI=1S/C18H20N4O3S/c23-17-8-25-4-3-22(17)15-9-26-16-7-19-14(6-11(15)16)18(24)21-13-5-10-1-2-12(13)20-10/h6-7,9-10,12-13,20H,1-5,8H2,(H,21,24)/t10-,12+,13-/m1/s1. The molecule has 8 heteroatoms. The normalized spacial score (nSPS) is 28.1. The predicted octanol–water partition coefficient (Wildman–Crippen LogP) is 1.28. The van der Waals surface area contributed by atoms with E-state index in [1.165, 1.54) is 17.8 Å². The molecule has 3 saturated heterocycles. The molecule has 3 atom stereocenters. The Labute approximate surface area is 154 Å². The molecule has 2 amide bonds. The van der Waals surface area contributed by atoms with Crippen LogP contribution in [0.4, 0.5) is 5.69 Å². The van der Waals surface area contributed by atoms with Gasteiger partial charge in [0.15, 0.2) is 0 Å². The summed E-state index contributed by atoms with van der Waals surface area (Å²) in [6, 6.07) is 2.91. The van der Waals surface area contributed by atoms with E-state index in [2.05, 4.69) is 15.6 Å². The molecule has 136 valence electrons. The van der Waals surface area contributed by atoms with Crippen LogP contribution in [-0.2, 0) is 9.53 Å². The highest BCUT2D eigenvalue weighted by molar-refractivity contribution is 7.17. The van der Waals surface area contributed by atoms with Crippen molar-refractivity contribution in [1.82, 2.24) is 15.6 Å².